The molecule has 92 valence electrons. The van der Waals surface area contributed by atoms with Gasteiger partial charge < -0.3 is 14.5 Å². The summed E-state index contributed by atoms with van der Waals surface area (Å²) in [5, 5.41) is 2.68. The Morgan fingerprint density at radius 1 is 1.28 bits per heavy atom. The third-order valence-corrected chi connectivity index (χ3v) is 2.27. The highest BCUT2D eigenvalue weighted by Crippen LogP contribution is 2.12. The fraction of sp³-hybridized carbons (Fsp3) is 0.0769. The molecular formula is C13H11NO4. The Morgan fingerprint density at radius 3 is 2.67 bits per heavy atom. The second-order valence-corrected chi connectivity index (χ2v) is 3.54. The van der Waals surface area contributed by atoms with Crippen molar-refractivity contribution in [2.45, 2.75) is 6.61 Å². The molecule has 1 N–H and O–H groups in total. The number of nitrogens with one attached hydrogen (secondary N) is 1. The number of ether oxygens (including phenoxy) is 1. The van der Waals surface area contributed by atoms with Crippen molar-refractivity contribution in [3.8, 4) is 0 Å². The lowest BCUT2D eigenvalue weighted by molar-refractivity contribution is -0.129. The lowest BCUT2D eigenvalue weighted by Gasteiger charge is -2.04. The van der Waals surface area contributed by atoms with Crippen molar-refractivity contribution >= 4 is 18.1 Å². The van der Waals surface area contributed by atoms with E-state index >= 15 is 0 Å². The van der Waals surface area contributed by atoms with E-state index in [-0.39, 0.29) is 18.3 Å². The summed E-state index contributed by atoms with van der Waals surface area (Å²) < 4.78 is 9.59. The van der Waals surface area contributed by atoms with Crippen molar-refractivity contribution in [1.82, 2.24) is 0 Å². The SMILES string of the molecule is O=COCc1ccc(NC(=O)c2ccco2)cc1. The monoisotopic (exact) mass is 245 g/mol. The van der Waals surface area contributed by atoms with Crippen LogP contribution in [0, 0.1) is 0 Å². The highest BCUT2D eigenvalue weighted by Gasteiger charge is 2.08. The average molecular weight is 245 g/mol. The normalized spacial score (nSPS) is 9.78. The van der Waals surface area contributed by atoms with Crippen LogP contribution in [0.25, 0.3) is 0 Å². The molecule has 0 radical (unpaired) electrons. The van der Waals surface area contributed by atoms with E-state index < -0.39 is 0 Å². The van der Waals surface area contributed by atoms with Gasteiger partial charge in [0.25, 0.3) is 12.4 Å². The standard InChI is InChI=1S/C13H11NO4/c15-9-17-8-10-3-5-11(6-4-10)14-13(16)12-2-1-7-18-12/h1-7,9H,8H2,(H,14,16). The molecule has 5 heteroatoms. The quantitative estimate of drug-likeness (QED) is 0.820. The first-order valence-electron chi connectivity index (χ1n) is 5.28. The molecule has 2 rings (SSSR count). The second kappa shape index (κ2) is 5.67. The van der Waals surface area contributed by atoms with E-state index in [4.69, 9.17) is 4.42 Å². The van der Waals surface area contributed by atoms with Gasteiger partial charge in [0.1, 0.15) is 6.61 Å². The van der Waals surface area contributed by atoms with E-state index in [1.54, 1.807) is 36.4 Å². The molecule has 5 nitrogen and oxygen atoms in total. The zero-order valence-electron chi connectivity index (χ0n) is 9.46. The topological polar surface area (TPSA) is 68.5 Å². The molecule has 18 heavy (non-hydrogen) atoms. The van der Waals surface area contributed by atoms with Crippen LogP contribution < -0.4 is 5.32 Å². The first-order valence-corrected chi connectivity index (χ1v) is 5.28. The molecule has 0 aliphatic rings. The Morgan fingerprint density at radius 2 is 2.06 bits per heavy atom. The zero-order chi connectivity index (χ0) is 12.8. The molecular weight excluding hydrogens is 234 g/mol. The smallest absolute Gasteiger partial charge is 0.293 e. The van der Waals surface area contributed by atoms with E-state index in [0.29, 0.717) is 12.2 Å². The van der Waals surface area contributed by atoms with Gasteiger partial charge in [-0.15, -0.1) is 0 Å². The number of carbonyl (C=O) groups excluding carboxylic acids is 2. The summed E-state index contributed by atoms with van der Waals surface area (Å²) in [6, 6.07) is 10.2. The molecule has 1 amide bonds. The molecule has 0 fully saturated rings. The molecule has 1 aromatic carbocycles. The van der Waals surface area contributed by atoms with Crippen LogP contribution in [0.3, 0.4) is 0 Å². The van der Waals surface area contributed by atoms with Crippen LogP contribution in [-0.2, 0) is 16.1 Å². The molecule has 0 saturated heterocycles. The summed E-state index contributed by atoms with van der Waals surface area (Å²) in [5.41, 5.74) is 1.49. The number of benzene rings is 1. The summed E-state index contributed by atoms with van der Waals surface area (Å²) in [6.45, 7) is 0.614. The number of hydrogen-bond donors (Lipinski definition) is 1. The van der Waals surface area contributed by atoms with Crippen LogP contribution >= 0.6 is 0 Å². The average Bonchev–Trinajstić information content (AvgIpc) is 2.92. The summed E-state index contributed by atoms with van der Waals surface area (Å²) in [7, 11) is 0. The van der Waals surface area contributed by atoms with Crippen molar-refractivity contribution < 1.29 is 18.7 Å². The number of amides is 1. The predicted octanol–water partition coefficient (Wildman–Crippen LogP) is 2.20. The van der Waals surface area contributed by atoms with E-state index in [2.05, 4.69) is 10.1 Å². The van der Waals surface area contributed by atoms with E-state index in [0.717, 1.165) is 5.56 Å². The van der Waals surface area contributed by atoms with Crippen LogP contribution in [0.5, 0.6) is 0 Å². The van der Waals surface area contributed by atoms with Crippen molar-refractivity contribution in [3.05, 3.63) is 54.0 Å². The summed E-state index contributed by atoms with van der Waals surface area (Å²) in [4.78, 5) is 21.7. The van der Waals surface area contributed by atoms with E-state index in [1.165, 1.54) is 6.26 Å². The number of rotatable bonds is 5. The third kappa shape index (κ3) is 2.98. The Balaban J connectivity index is 1.98. The lowest BCUT2D eigenvalue weighted by Crippen LogP contribution is -2.10. The fourth-order valence-corrected chi connectivity index (χ4v) is 1.42. The minimum Gasteiger partial charge on any atom is -0.463 e. The van der Waals surface area contributed by atoms with Crippen LogP contribution in [-0.4, -0.2) is 12.4 Å². The molecule has 0 atom stereocenters. The Hall–Kier alpha value is -2.56. The minimum atomic E-state index is -0.308. The molecule has 0 bridgehead atoms. The highest BCUT2D eigenvalue weighted by atomic mass is 16.5. The Kier molecular flexibility index (Phi) is 3.76. The molecule has 0 saturated carbocycles. The van der Waals surface area contributed by atoms with Gasteiger partial charge in [0.2, 0.25) is 0 Å². The minimum absolute atomic E-state index is 0.218. The number of furan rings is 1. The molecule has 1 aromatic heterocycles. The van der Waals surface area contributed by atoms with Crippen molar-refractivity contribution in [2.24, 2.45) is 0 Å². The van der Waals surface area contributed by atoms with Crippen LogP contribution in [0.1, 0.15) is 16.1 Å². The maximum Gasteiger partial charge on any atom is 0.293 e. The largest absolute Gasteiger partial charge is 0.463 e. The van der Waals surface area contributed by atoms with Gasteiger partial charge in [0.15, 0.2) is 5.76 Å². The summed E-state index contributed by atoms with van der Waals surface area (Å²) in [6.07, 6.45) is 1.44. The van der Waals surface area contributed by atoms with Crippen LogP contribution in [0.4, 0.5) is 5.69 Å². The van der Waals surface area contributed by atoms with Crippen molar-refractivity contribution in [1.29, 1.82) is 0 Å². The predicted molar refractivity (Wildman–Crippen MR) is 64.0 cm³/mol. The van der Waals surface area contributed by atoms with Gasteiger partial charge in [0, 0.05) is 5.69 Å². The second-order valence-electron chi connectivity index (χ2n) is 3.54. The summed E-state index contributed by atoms with van der Waals surface area (Å²) >= 11 is 0. The van der Waals surface area contributed by atoms with Gasteiger partial charge in [-0.05, 0) is 29.8 Å². The van der Waals surface area contributed by atoms with Gasteiger partial charge in [-0.2, -0.15) is 0 Å². The maximum absolute atomic E-state index is 11.7. The van der Waals surface area contributed by atoms with E-state index in [9.17, 15) is 9.59 Å². The first-order chi connectivity index (χ1) is 8.79. The van der Waals surface area contributed by atoms with Gasteiger partial charge in [-0.25, -0.2) is 0 Å². The van der Waals surface area contributed by atoms with Crippen molar-refractivity contribution in [3.63, 3.8) is 0 Å². The number of hydrogen-bond acceptors (Lipinski definition) is 4. The van der Waals surface area contributed by atoms with Gasteiger partial charge >= 0.3 is 0 Å². The molecule has 1 heterocycles. The van der Waals surface area contributed by atoms with Crippen LogP contribution in [0.15, 0.2) is 47.1 Å². The van der Waals surface area contributed by atoms with Crippen LogP contribution in [0.2, 0.25) is 0 Å². The first kappa shape index (κ1) is 11.9. The van der Waals surface area contributed by atoms with Gasteiger partial charge in [0.05, 0.1) is 6.26 Å². The van der Waals surface area contributed by atoms with Gasteiger partial charge in [-0.1, -0.05) is 12.1 Å². The molecule has 0 aliphatic carbocycles. The molecule has 0 aliphatic heterocycles. The molecule has 0 unspecified atom stereocenters. The fourth-order valence-electron chi connectivity index (χ4n) is 1.42. The number of anilines is 1. The summed E-state index contributed by atoms with van der Waals surface area (Å²) in [5.74, 6) is -0.0553. The lowest BCUT2D eigenvalue weighted by atomic mass is 10.2. The molecule has 2 aromatic rings. The molecule has 0 spiro atoms. The Bertz CT molecular complexity index is 516. The zero-order valence-corrected chi connectivity index (χ0v) is 9.46. The Labute approximate surface area is 103 Å². The third-order valence-electron chi connectivity index (χ3n) is 2.27. The van der Waals surface area contributed by atoms with Crippen molar-refractivity contribution in [2.75, 3.05) is 5.32 Å². The maximum atomic E-state index is 11.7. The number of carbonyl (C=O) groups is 2. The van der Waals surface area contributed by atoms with E-state index in [1.807, 2.05) is 0 Å². The highest BCUT2D eigenvalue weighted by molar-refractivity contribution is 6.02. The van der Waals surface area contributed by atoms with Gasteiger partial charge in [-0.3, -0.25) is 9.59 Å².